The van der Waals surface area contributed by atoms with Gasteiger partial charge in [-0.05, 0) is 42.8 Å². The molecule has 0 bridgehead atoms. The number of anilines is 1. The first-order chi connectivity index (χ1) is 15.0. The lowest BCUT2D eigenvalue weighted by Crippen LogP contribution is -2.50. The third-order valence-electron chi connectivity index (χ3n) is 4.94. The maximum atomic E-state index is 12.5. The van der Waals surface area contributed by atoms with Crippen molar-refractivity contribution in [1.82, 2.24) is 9.80 Å². The summed E-state index contributed by atoms with van der Waals surface area (Å²) in [6, 6.07) is 16.5. The van der Waals surface area contributed by atoms with Gasteiger partial charge in [-0.2, -0.15) is 0 Å². The number of hydrogen-bond donors (Lipinski definition) is 1. The summed E-state index contributed by atoms with van der Waals surface area (Å²) >= 11 is 0. The van der Waals surface area contributed by atoms with Crippen molar-refractivity contribution in [3.05, 3.63) is 71.8 Å². The van der Waals surface area contributed by atoms with Crippen LogP contribution < -0.4 is 5.32 Å². The normalized spacial score (nSPS) is 14.4. The minimum atomic E-state index is -0.384. The van der Waals surface area contributed by atoms with E-state index in [0.29, 0.717) is 44.0 Å². The summed E-state index contributed by atoms with van der Waals surface area (Å²) in [4.78, 5) is 40.1. The maximum absolute atomic E-state index is 12.5. The fraction of sp³-hybridized carbons (Fsp3) is 0.292. The predicted molar refractivity (Wildman–Crippen MR) is 120 cm³/mol. The molecule has 0 atom stereocenters. The molecule has 0 aliphatic carbocycles. The Hall–Kier alpha value is -3.45. The summed E-state index contributed by atoms with van der Waals surface area (Å²) in [5.41, 5.74) is 2.22. The summed E-state index contributed by atoms with van der Waals surface area (Å²) in [6.45, 7) is 4.88. The first-order valence-corrected chi connectivity index (χ1v) is 10.4. The van der Waals surface area contributed by atoms with Gasteiger partial charge in [0.2, 0.25) is 5.91 Å². The lowest BCUT2D eigenvalue weighted by Gasteiger charge is -2.34. The SMILES string of the molecule is CCOC(=O)/C=C/c1ccc(NC(=O)CN2CCN(C(=O)c3ccccc3)CC2)cc1. The molecular weight excluding hydrogens is 394 g/mol. The number of carbonyl (C=O) groups excluding carboxylic acids is 3. The van der Waals surface area contributed by atoms with E-state index in [4.69, 9.17) is 4.74 Å². The summed E-state index contributed by atoms with van der Waals surface area (Å²) < 4.78 is 4.85. The molecule has 1 saturated heterocycles. The van der Waals surface area contributed by atoms with Crippen LogP contribution in [0.25, 0.3) is 6.08 Å². The van der Waals surface area contributed by atoms with E-state index in [1.807, 2.05) is 52.3 Å². The molecule has 162 valence electrons. The molecule has 0 aromatic heterocycles. The summed E-state index contributed by atoms with van der Waals surface area (Å²) in [7, 11) is 0. The number of nitrogens with one attached hydrogen (secondary N) is 1. The van der Waals surface area contributed by atoms with Gasteiger partial charge in [0.25, 0.3) is 5.91 Å². The molecular formula is C24H27N3O4. The molecule has 1 heterocycles. The molecule has 1 aliphatic rings. The minimum absolute atomic E-state index is 0.0294. The Morgan fingerprint density at radius 1 is 0.968 bits per heavy atom. The van der Waals surface area contributed by atoms with Crippen molar-refractivity contribution >= 4 is 29.5 Å². The molecule has 31 heavy (non-hydrogen) atoms. The predicted octanol–water partition coefficient (Wildman–Crippen LogP) is 2.66. The number of ether oxygens (including phenoxy) is 1. The average Bonchev–Trinajstić information content (AvgIpc) is 2.79. The topological polar surface area (TPSA) is 79.0 Å². The molecule has 2 aromatic carbocycles. The van der Waals surface area contributed by atoms with Crippen molar-refractivity contribution in [2.24, 2.45) is 0 Å². The van der Waals surface area contributed by atoms with Crippen LogP contribution in [0.3, 0.4) is 0 Å². The van der Waals surface area contributed by atoms with Crippen LogP contribution in [0, 0.1) is 0 Å². The number of benzene rings is 2. The van der Waals surface area contributed by atoms with Gasteiger partial charge in [-0.3, -0.25) is 14.5 Å². The van der Waals surface area contributed by atoms with Crippen LogP contribution in [-0.2, 0) is 14.3 Å². The Kier molecular flexibility index (Phi) is 7.95. The van der Waals surface area contributed by atoms with Gasteiger partial charge in [0.1, 0.15) is 0 Å². The Balaban J connectivity index is 1.43. The quantitative estimate of drug-likeness (QED) is 0.549. The molecule has 0 unspecified atom stereocenters. The van der Waals surface area contributed by atoms with E-state index in [2.05, 4.69) is 5.32 Å². The Morgan fingerprint density at radius 3 is 2.29 bits per heavy atom. The van der Waals surface area contributed by atoms with Crippen molar-refractivity contribution in [2.75, 3.05) is 44.6 Å². The summed E-state index contributed by atoms with van der Waals surface area (Å²) in [5.74, 6) is -0.454. The molecule has 1 fully saturated rings. The third-order valence-corrected chi connectivity index (χ3v) is 4.94. The van der Waals surface area contributed by atoms with Gasteiger partial charge in [0.05, 0.1) is 13.2 Å². The van der Waals surface area contributed by atoms with Gasteiger partial charge in [-0.15, -0.1) is 0 Å². The van der Waals surface area contributed by atoms with Gasteiger partial charge < -0.3 is 15.0 Å². The number of piperazine rings is 1. The zero-order valence-electron chi connectivity index (χ0n) is 17.6. The summed E-state index contributed by atoms with van der Waals surface area (Å²) in [6.07, 6.45) is 3.04. The number of esters is 1. The highest BCUT2D eigenvalue weighted by Gasteiger charge is 2.23. The van der Waals surface area contributed by atoms with Crippen molar-refractivity contribution in [1.29, 1.82) is 0 Å². The fourth-order valence-electron chi connectivity index (χ4n) is 3.31. The van der Waals surface area contributed by atoms with Crippen molar-refractivity contribution in [3.63, 3.8) is 0 Å². The Labute approximate surface area is 182 Å². The standard InChI is InChI=1S/C24H27N3O4/c1-2-31-23(29)13-10-19-8-11-21(12-9-19)25-22(28)18-26-14-16-27(17-15-26)24(30)20-6-4-3-5-7-20/h3-13H,2,14-18H2,1H3,(H,25,28)/b13-10+. The van der Waals surface area contributed by atoms with Crippen LogP contribution >= 0.6 is 0 Å². The second kappa shape index (κ2) is 11.1. The highest BCUT2D eigenvalue weighted by atomic mass is 16.5. The molecule has 1 N–H and O–H groups in total. The molecule has 7 nitrogen and oxygen atoms in total. The minimum Gasteiger partial charge on any atom is -0.463 e. The smallest absolute Gasteiger partial charge is 0.330 e. The van der Waals surface area contributed by atoms with E-state index in [9.17, 15) is 14.4 Å². The Morgan fingerprint density at radius 2 is 1.65 bits per heavy atom. The van der Waals surface area contributed by atoms with Crippen LogP contribution in [0.2, 0.25) is 0 Å². The monoisotopic (exact) mass is 421 g/mol. The van der Waals surface area contributed by atoms with Crippen LogP contribution in [0.5, 0.6) is 0 Å². The number of rotatable bonds is 7. The van der Waals surface area contributed by atoms with E-state index >= 15 is 0 Å². The molecule has 0 spiro atoms. The van der Waals surface area contributed by atoms with E-state index in [1.165, 1.54) is 6.08 Å². The largest absolute Gasteiger partial charge is 0.463 e. The molecule has 2 amide bonds. The molecule has 0 saturated carbocycles. The van der Waals surface area contributed by atoms with Crippen molar-refractivity contribution < 1.29 is 19.1 Å². The highest BCUT2D eigenvalue weighted by Crippen LogP contribution is 2.12. The maximum Gasteiger partial charge on any atom is 0.330 e. The number of carbonyl (C=O) groups is 3. The highest BCUT2D eigenvalue weighted by molar-refractivity contribution is 5.94. The molecule has 2 aromatic rings. The Bertz CT molecular complexity index is 918. The van der Waals surface area contributed by atoms with E-state index in [-0.39, 0.29) is 24.3 Å². The molecule has 3 rings (SSSR count). The van der Waals surface area contributed by atoms with Gasteiger partial charge in [0, 0.05) is 43.5 Å². The van der Waals surface area contributed by atoms with Crippen LogP contribution in [0.15, 0.2) is 60.7 Å². The number of amides is 2. The van der Waals surface area contributed by atoms with Gasteiger partial charge in [-0.25, -0.2) is 4.79 Å². The van der Waals surface area contributed by atoms with E-state index in [1.54, 1.807) is 25.1 Å². The number of hydrogen-bond acceptors (Lipinski definition) is 5. The van der Waals surface area contributed by atoms with Gasteiger partial charge >= 0.3 is 5.97 Å². The van der Waals surface area contributed by atoms with E-state index < -0.39 is 0 Å². The fourth-order valence-corrected chi connectivity index (χ4v) is 3.31. The van der Waals surface area contributed by atoms with Crippen LogP contribution in [0.4, 0.5) is 5.69 Å². The first-order valence-electron chi connectivity index (χ1n) is 10.4. The van der Waals surface area contributed by atoms with Crippen molar-refractivity contribution in [3.8, 4) is 0 Å². The van der Waals surface area contributed by atoms with Gasteiger partial charge in [0.15, 0.2) is 0 Å². The van der Waals surface area contributed by atoms with Crippen LogP contribution in [0.1, 0.15) is 22.8 Å². The average molecular weight is 421 g/mol. The molecule has 7 heteroatoms. The van der Waals surface area contributed by atoms with E-state index in [0.717, 1.165) is 5.56 Å². The lowest BCUT2D eigenvalue weighted by atomic mass is 10.2. The van der Waals surface area contributed by atoms with Crippen LogP contribution in [-0.4, -0.2) is 66.9 Å². The number of nitrogens with zero attached hydrogens (tertiary/aromatic N) is 2. The lowest BCUT2D eigenvalue weighted by molar-refractivity contribution is -0.137. The molecule has 1 aliphatic heterocycles. The second-order valence-electron chi connectivity index (χ2n) is 7.19. The molecule has 0 radical (unpaired) electrons. The zero-order valence-corrected chi connectivity index (χ0v) is 17.6. The zero-order chi connectivity index (χ0) is 22.1. The summed E-state index contributed by atoms with van der Waals surface area (Å²) in [5, 5.41) is 2.88. The van der Waals surface area contributed by atoms with Crippen molar-refractivity contribution in [2.45, 2.75) is 6.92 Å². The third kappa shape index (κ3) is 6.79. The first kappa shape index (κ1) is 22.2. The van der Waals surface area contributed by atoms with Gasteiger partial charge in [-0.1, -0.05) is 30.3 Å². The second-order valence-corrected chi connectivity index (χ2v) is 7.19.